The van der Waals surface area contributed by atoms with E-state index in [0.29, 0.717) is 5.82 Å². The summed E-state index contributed by atoms with van der Waals surface area (Å²) < 4.78 is 0. The first kappa shape index (κ1) is 14.0. The van der Waals surface area contributed by atoms with Crippen LogP contribution in [0.25, 0.3) is 0 Å². The van der Waals surface area contributed by atoms with Crippen LogP contribution in [0.2, 0.25) is 0 Å². The lowest BCUT2D eigenvalue weighted by atomic mass is 9.92. The summed E-state index contributed by atoms with van der Waals surface area (Å²) in [5.41, 5.74) is 1.17. The first-order valence-corrected chi connectivity index (χ1v) is 6.70. The molecule has 4 nitrogen and oxygen atoms in total. The van der Waals surface area contributed by atoms with Crippen LogP contribution < -0.4 is 5.32 Å². The highest BCUT2D eigenvalue weighted by atomic mass is 16.1. The van der Waals surface area contributed by atoms with Gasteiger partial charge in [-0.05, 0) is 49.8 Å². The van der Waals surface area contributed by atoms with Crippen molar-refractivity contribution in [3.63, 3.8) is 0 Å². The second kappa shape index (κ2) is 6.67. The predicted octanol–water partition coefficient (Wildman–Crippen LogP) is 3.13. The zero-order chi connectivity index (χ0) is 14.4. The van der Waals surface area contributed by atoms with E-state index in [1.54, 1.807) is 18.3 Å². The molecule has 0 aromatic carbocycles. The molecule has 0 fully saturated rings. The van der Waals surface area contributed by atoms with Crippen molar-refractivity contribution in [3.8, 4) is 6.07 Å². The second-order valence-corrected chi connectivity index (χ2v) is 4.91. The molecule has 0 radical (unpaired) electrons. The maximum Gasteiger partial charge on any atom is 0.267 e. The molecule has 1 N–H and O–H groups in total. The number of hydrogen-bond donors (Lipinski definition) is 1. The van der Waals surface area contributed by atoms with Crippen molar-refractivity contribution in [1.29, 1.82) is 5.26 Å². The quantitative estimate of drug-likeness (QED) is 0.520. The number of aryl methyl sites for hydroxylation is 1. The van der Waals surface area contributed by atoms with Crippen LogP contribution in [0.15, 0.2) is 42.1 Å². The van der Waals surface area contributed by atoms with E-state index in [2.05, 4.69) is 22.5 Å². The number of anilines is 1. The second-order valence-electron chi connectivity index (χ2n) is 4.91. The van der Waals surface area contributed by atoms with Crippen molar-refractivity contribution in [2.75, 3.05) is 5.32 Å². The first-order chi connectivity index (χ1) is 9.69. The third-order valence-electron chi connectivity index (χ3n) is 3.23. The van der Waals surface area contributed by atoms with Crippen molar-refractivity contribution in [2.24, 2.45) is 5.92 Å². The Balaban J connectivity index is 2.07. The van der Waals surface area contributed by atoms with Gasteiger partial charge in [0.15, 0.2) is 0 Å². The zero-order valence-electron chi connectivity index (χ0n) is 11.5. The van der Waals surface area contributed by atoms with Gasteiger partial charge in [-0.1, -0.05) is 18.2 Å². The number of carbonyl (C=O) groups excluding carboxylic acids is 1. The van der Waals surface area contributed by atoms with Crippen molar-refractivity contribution in [3.05, 3.63) is 47.7 Å². The van der Waals surface area contributed by atoms with Gasteiger partial charge >= 0.3 is 0 Å². The summed E-state index contributed by atoms with van der Waals surface area (Å²) in [6, 6.07) is 5.61. The lowest BCUT2D eigenvalue weighted by Gasteiger charge is -2.13. The van der Waals surface area contributed by atoms with Crippen molar-refractivity contribution < 1.29 is 4.79 Å². The number of amides is 1. The summed E-state index contributed by atoms with van der Waals surface area (Å²) in [5, 5.41) is 11.8. The summed E-state index contributed by atoms with van der Waals surface area (Å²) in [6.07, 6.45) is 10.5. The van der Waals surface area contributed by atoms with E-state index >= 15 is 0 Å². The third kappa shape index (κ3) is 3.79. The molecule has 0 saturated heterocycles. The highest BCUT2D eigenvalue weighted by Gasteiger charge is 2.14. The number of rotatable bonds is 3. The third-order valence-corrected chi connectivity index (χ3v) is 3.23. The number of nitrogens with zero attached hydrogens (tertiary/aromatic N) is 2. The molecule has 1 heterocycles. The van der Waals surface area contributed by atoms with Gasteiger partial charge in [0, 0.05) is 6.20 Å². The number of nitriles is 1. The lowest BCUT2D eigenvalue weighted by Crippen LogP contribution is -2.16. The molecule has 1 atom stereocenters. The Hall–Kier alpha value is -2.41. The first-order valence-electron chi connectivity index (χ1n) is 6.70. The lowest BCUT2D eigenvalue weighted by molar-refractivity contribution is -0.112. The molecule has 0 spiro atoms. The number of pyridine rings is 1. The molecule has 0 saturated carbocycles. The predicted molar refractivity (Wildman–Crippen MR) is 77.8 cm³/mol. The molecule has 0 aliphatic heterocycles. The standard InChI is InChI=1S/C16H17N3O/c1-12-7-8-18-15(9-12)19-16(20)14(11-17)10-13-5-3-2-4-6-13/h2-3,7-10,13H,4-6H2,1H3,(H,18,19,20)/b14-10+. The van der Waals surface area contributed by atoms with Crippen LogP contribution in [0.4, 0.5) is 5.82 Å². The van der Waals surface area contributed by atoms with E-state index in [0.717, 1.165) is 24.8 Å². The molecule has 1 aromatic rings. The molecule has 102 valence electrons. The minimum Gasteiger partial charge on any atom is -0.306 e. The fourth-order valence-electron chi connectivity index (χ4n) is 2.16. The van der Waals surface area contributed by atoms with Gasteiger partial charge in [-0.15, -0.1) is 0 Å². The number of nitrogens with one attached hydrogen (secondary N) is 1. The molecule has 1 aliphatic rings. The molecule has 20 heavy (non-hydrogen) atoms. The van der Waals surface area contributed by atoms with Crippen molar-refractivity contribution in [2.45, 2.75) is 26.2 Å². The number of carbonyl (C=O) groups is 1. The Morgan fingerprint density at radius 1 is 1.55 bits per heavy atom. The van der Waals surface area contributed by atoms with Crippen LogP contribution in [0, 0.1) is 24.2 Å². The van der Waals surface area contributed by atoms with E-state index < -0.39 is 0 Å². The van der Waals surface area contributed by atoms with Gasteiger partial charge in [-0.3, -0.25) is 4.79 Å². The Kier molecular flexibility index (Phi) is 4.67. The largest absolute Gasteiger partial charge is 0.306 e. The van der Waals surface area contributed by atoms with Gasteiger partial charge < -0.3 is 5.32 Å². The molecular weight excluding hydrogens is 250 g/mol. The van der Waals surface area contributed by atoms with E-state index in [-0.39, 0.29) is 17.4 Å². The van der Waals surface area contributed by atoms with E-state index in [4.69, 9.17) is 5.26 Å². The van der Waals surface area contributed by atoms with Crippen molar-refractivity contribution in [1.82, 2.24) is 4.98 Å². The van der Waals surface area contributed by atoms with Gasteiger partial charge in [-0.25, -0.2) is 4.98 Å². The average molecular weight is 267 g/mol. The molecule has 1 aliphatic carbocycles. The monoisotopic (exact) mass is 267 g/mol. The summed E-state index contributed by atoms with van der Waals surface area (Å²) in [6.45, 7) is 1.92. The smallest absolute Gasteiger partial charge is 0.267 e. The Morgan fingerprint density at radius 3 is 3.05 bits per heavy atom. The van der Waals surface area contributed by atoms with Crippen LogP contribution in [0.5, 0.6) is 0 Å². The zero-order valence-corrected chi connectivity index (χ0v) is 11.5. The van der Waals surface area contributed by atoms with Crippen LogP contribution in [-0.2, 0) is 4.79 Å². The molecule has 1 amide bonds. The van der Waals surface area contributed by atoms with Gasteiger partial charge in [0.1, 0.15) is 17.5 Å². The molecule has 1 unspecified atom stereocenters. The fraction of sp³-hybridized carbons (Fsp3) is 0.312. The van der Waals surface area contributed by atoms with Gasteiger partial charge in [0.25, 0.3) is 5.91 Å². The maximum atomic E-state index is 12.1. The number of allylic oxidation sites excluding steroid dienone is 3. The number of aromatic nitrogens is 1. The highest BCUT2D eigenvalue weighted by Crippen LogP contribution is 2.21. The Morgan fingerprint density at radius 2 is 2.40 bits per heavy atom. The summed E-state index contributed by atoms with van der Waals surface area (Å²) >= 11 is 0. The van der Waals surface area contributed by atoms with Gasteiger partial charge in [-0.2, -0.15) is 5.26 Å². The van der Waals surface area contributed by atoms with Gasteiger partial charge in [0.2, 0.25) is 0 Å². The average Bonchev–Trinajstić information content (AvgIpc) is 2.45. The summed E-state index contributed by atoms with van der Waals surface area (Å²) in [4.78, 5) is 16.1. The minimum absolute atomic E-state index is 0.161. The molecule has 2 rings (SSSR count). The Labute approximate surface area is 118 Å². The summed E-state index contributed by atoms with van der Waals surface area (Å²) in [7, 11) is 0. The Bertz CT molecular complexity index is 596. The molecule has 1 aromatic heterocycles. The van der Waals surface area contributed by atoms with Gasteiger partial charge in [0.05, 0.1) is 0 Å². The van der Waals surface area contributed by atoms with Crippen LogP contribution in [0.3, 0.4) is 0 Å². The van der Waals surface area contributed by atoms with Crippen LogP contribution in [-0.4, -0.2) is 10.9 Å². The molecule has 0 bridgehead atoms. The van der Waals surface area contributed by atoms with E-state index in [9.17, 15) is 4.79 Å². The SMILES string of the molecule is Cc1ccnc(NC(=O)/C(C#N)=C/C2CC=CCC2)c1. The van der Waals surface area contributed by atoms with E-state index in [1.165, 1.54) is 0 Å². The summed E-state index contributed by atoms with van der Waals surface area (Å²) in [5.74, 6) is 0.353. The van der Waals surface area contributed by atoms with Crippen molar-refractivity contribution >= 4 is 11.7 Å². The number of hydrogen-bond acceptors (Lipinski definition) is 3. The topological polar surface area (TPSA) is 65.8 Å². The normalized spacial score (nSPS) is 18.4. The maximum absolute atomic E-state index is 12.1. The van der Waals surface area contributed by atoms with Crippen LogP contribution in [0.1, 0.15) is 24.8 Å². The van der Waals surface area contributed by atoms with E-state index in [1.807, 2.05) is 19.1 Å². The fourth-order valence-corrected chi connectivity index (χ4v) is 2.16. The van der Waals surface area contributed by atoms with Crippen LogP contribution >= 0.6 is 0 Å². The molecule has 4 heteroatoms. The minimum atomic E-state index is -0.389. The highest BCUT2D eigenvalue weighted by molar-refractivity contribution is 6.06. The molecular formula is C16H17N3O.